The lowest BCUT2D eigenvalue weighted by molar-refractivity contribution is -0.132. The van der Waals surface area contributed by atoms with Crippen molar-refractivity contribution in [1.82, 2.24) is 14.8 Å². The van der Waals surface area contributed by atoms with Crippen molar-refractivity contribution in [2.45, 2.75) is 19.8 Å². The lowest BCUT2D eigenvalue weighted by Gasteiger charge is -2.34. The van der Waals surface area contributed by atoms with E-state index in [2.05, 4.69) is 10.3 Å². The molecule has 0 aliphatic carbocycles. The number of halogens is 2. The summed E-state index contributed by atoms with van der Waals surface area (Å²) in [4.78, 5) is 32.1. The molecular weight excluding hydrogens is 378 g/mol. The first kappa shape index (κ1) is 19.4. The van der Waals surface area contributed by atoms with E-state index < -0.39 is 6.43 Å². The van der Waals surface area contributed by atoms with Gasteiger partial charge in [-0.1, -0.05) is 0 Å². The molecule has 1 saturated heterocycles. The van der Waals surface area contributed by atoms with Gasteiger partial charge in [0.2, 0.25) is 5.91 Å². The van der Waals surface area contributed by atoms with Gasteiger partial charge in [-0.2, -0.15) is 0 Å². The second kappa shape index (κ2) is 8.57. The number of aryl methyl sites for hydroxylation is 1. The highest BCUT2D eigenvalue weighted by molar-refractivity contribution is 7.14. The second-order valence-corrected chi connectivity index (χ2v) is 7.10. The molecule has 2 aromatic heterocycles. The van der Waals surface area contributed by atoms with Crippen LogP contribution in [-0.4, -0.2) is 65.7 Å². The third-order valence-electron chi connectivity index (χ3n) is 4.33. The molecule has 0 radical (unpaired) electrons. The molecule has 0 bridgehead atoms. The Bertz CT molecular complexity index is 800. The van der Waals surface area contributed by atoms with Crippen molar-refractivity contribution in [1.29, 1.82) is 0 Å². The minimum Gasteiger partial charge on any atom is -0.469 e. The summed E-state index contributed by atoms with van der Waals surface area (Å²) in [7, 11) is 0. The van der Waals surface area contributed by atoms with Crippen LogP contribution in [0.1, 0.15) is 21.8 Å². The van der Waals surface area contributed by atoms with Crippen LogP contribution in [0.3, 0.4) is 0 Å². The molecule has 146 valence electrons. The van der Waals surface area contributed by atoms with Gasteiger partial charge >= 0.3 is 0 Å². The molecule has 1 fully saturated rings. The fourth-order valence-corrected chi connectivity index (χ4v) is 3.58. The molecule has 0 unspecified atom stereocenters. The fourth-order valence-electron chi connectivity index (χ4n) is 2.87. The number of carbonyl (C=O) groups excluding carboxylic acids is 2. The van der Waals surface area contributed by atoms with E-state index in [9.17, 15) is 18.4 Å². The number of nitrogens with one attached hydrogen (secondary N) is 1. The van der Waals surface area contributed by atoms with Gasteiger partial charge in [-0.05, 0) is 13.0 Å². The molecule has 10 heteroatoms. The monoisotopic (exact) mass is 398 g/mol. The van der Waals surface area contributed by atoms with Crippen LogP contribution in [0, 0.1) is 6.92 Å². The van der Waals surface area contributed by atoms with E-state index in [-0.39, 0.29) is 24.8 Å². The van der Waals surface area contributed by atoms with Gasteiger partial charge in [-0.3, -0.25) is 19.8 Å². The Morgan fingerprint density at radius 1 is 1.33 bits per heavy atom. The van der Waals surface area contributed by atoms with E-state index in [1.165, 1.54) is 17.6 Å². The predicted molar refractivity (Wildman–Crippen MR) is 96.2 cm³/mol. The number of aromatic nitrogens is 1. The number of amides is 2. The summed E-state index contributed by atoms with van der Waals surface area (Å²) in [6.07, 6.45) is -0.801. The zero-order chi connectivity index (χ0) is 19.4. The van der Waals surface area contributed by atoms with E-state index in [4.69, 9.17) is 4.42 Å². The van der Waals surface area contributed by atoms with E-state index in [1.54, 1.807) is 28.2 Å². The molecule has 0 saturated carbocycles. The first-order valence-electron chi connectivity index (χ1n) is 8.50. The van der Waals surface area contributed by atoms with Crippen LogP contribution in [0.25, 0.3) is 0 Å². The first-order valence-corrected chi connectivity index (χ1v) is 9.38. The quantitative estimate of drug-likeness (QED) is 0.808. The number of carbonyl (C=O) groups is 2. The molecule has 2 amide bonds. The molecular formula is C17H20F2N4O3S. The maximum absolute atomic E-state index is 12.4. The highest BCUT2D eigenvalue weighted by atomic mass is 32.1. The largest absolute Gasteiger partial charge is 0.469 e. The number of nitrogens with zero attached hydrogens (tertiary/aromatic N) is 3. The number of hydrogen-bond donors (Lipinski definition) is 1. The third kappa shape index (κ3) is 5.10. The highest BCUT2D eigenvalue weighted by Gasteiger charge is 2.23. The molecule has 0 spiro atoms. The van der Waals surface area contributed by atoms with Crippen LogP contribution in [0.2, 0.25) is 0 Å². The smallest absolute Gasteiger partial charge is 0.260 e. The van der Waals surface area contributed by atoms with Crippen molar-refractivity contribution in [2.75, 3.05) is 38.0 Å². The Labute approximate surface area is 159 Å². The normalized spacial score (nSPS) is 15.3. The zero-order valence-electron chi connectivity index (χ0n) is 14.8. The topological polar surface area (TPSA) is 78.7 Å². The molecule has 3 heterocycles. The van der Waals surface area contributed by atoms with Crippen molar-refractivity contribution in [3.8, 4) is 0 Å². The average molecular weight is 398 g/mol. The van der Waals surface area contributed by atoms with E-state index in [1.807, 2.05) is 0 Å². The van der Waals surface area contributed by atoms with Gasteiger partial charge in [0.25, 0.3) is 12.3 Å². The summed E-state index contributed by atoms with van der Waals surface area (Å²) in [6.45, 7) is 3.18. The molecule has 3 rings (SSSR count). The lowest BCUT2D eigenvalue weighted by Crippen LogP contribution is -2.50. The molecule has 0 atom stereocenters. The third-order valence-corrected chi connectivity index (χ3v) is 5.14. The number of piperazine rings is 1. The molecule has 2 aromatic rings. The number of thiazole rings is 1. The lowest BCUT2D eigenvalue weighted by atomic mass is 10.2. The van der Waals surface area contributed by atoms with Gasteiger partial charge < -0.3 is 9.32 Å². The molecule has 1 N–H and O–H groups in total. The van der Waals surface area contributed by atoms with Crippen molar-refractivity contribution >= 4 is 28.3 Å². The van der Waals surface area contributed by atoms with E-state index in [0.29, 0.717) is 48.3 Å². The van der Waals surface area contributed by atoms with Crippen LogP contribution < -0.4 is 5.32 Å². The van der Waals surface area contributed by atoms with Crippen molar-refractivity contribution in [2.24, 2.45) is 0 Å². The minimum atomic E-state index is -2.36. The standard InChI is InChI=1S/C17H20F2N4O3S/c1-11-13(2-7-26-11)16(25)21-17-20-12(10-27-17)8-15(24)23-5-3-22(4-6-23)9-14(18)19/h2,7,10,14H,3-6,8-9H2,1H3,(H,20,21,25). The number of alkyl halides is 2. The van der Waals surface area contributed by atoms with E-state index >= 15 is 0 Å². The Morgan fingerprint density at radius 3 is 2.70 bits per heavy atom. The highest BCUT2D eigenvalue weighted by Crippen LogP contribution is 2.19. The van der Waals surface area contributed by atoms with Crippen LogP contribution in [0.5, 0.6) is 0 Å². The van der Waals surface area contributed by atoms with Crippen LogP contribution in [-0.2, 0) is 11.2 Å². The number of anilines is 1. The molecule has 7 nitrogen and oxygen atoms in total. The van der Waals surface area contributed by atoms with Gasteiger partial charge in [0, 0.05) is 31.6 Å². The number of hydrogen-bond acceptors (Lipinski definition) is 6. The van der Waals surface area contributed by atoms with Gasteiger partial charge in [-0.25, -0.2) is 13.8 Å². The predicted octanol–water partition coefficient (Wildman–Crippen LogP) is 2.25. The summed E-state index contributed by atoms with van der Waals surface area (Å²) < 4.78 is 29.9. The summed E-state index contributed by atoms with van der Waals surface area (Å²) in [6, 6.07) is 1.58. The average Bonchev–Trinajstić information content (AvgIpc) is 3.23. The minimum absolute atomic E-state index is 0.0967. The van der Waals surface area contributed by atoms with Crippen molar-refractivity contribution < 1.29 is 22.8 Å². The van der Waals surface area contributed by atoms with Crippen LogP contribution in [0.15, 0.2) is 22.1 Å². The number of furan rings is 1. The second-order valence-electron chi connectivity index (χ2n) is 6.24. The maximum Gasteiger partial charge on any atom is 0.260 e. The molecule has 0 aromatic carbocycles. The molecule has 1 aliphatic rings. The van der Waals surface area contributed by atoms with Crippen LogP contribution in [0.4, 0.5) is 13.9 Å². The summed E-state index contributed by atoms with van der Waals surface area (Å²) in [5.41, 5.74) is 1.00. The van der Waals surface area contributed by atoms with Gasteiger partial charge in [0.05, 0.1) is 30.5 Å². The zero-order valence-corrected chi connectivity index (χ0v) is 15.6. The van der Waals surface area contributed by atoms with Gasteiger partial charge in [0.15, 0.2) is 5.13 Å². The Kier molecular flexibility index (Phi) is 6.17. The SMILES string of the molecule is Cc1occc1C(=O)Nc1nc(CC(=O)N2CCN(CC(F)F)CC2)cs1. The van der Waals surface area contributed by atoms with E-state index in [0.717, 1.165) is 0 Å². The molecule has 1 aliphatic heterocycles. The Morgan fingerprint density at radius 2 is 2.07 bits per heavy atom. The fraction of sp³-hybridized carbons (Fsp3) is 0.471. The maximum atomic E-state index is 12.4. The molecule has 27 heavy (non-hydrogen) atoms. The van der Waals surface area contributed by atoms with Crippen LogP contribution >= 0.6 is 11.3 Å². The van der Waals surface area contributed by atoms with Crippen molar-refractivity contribution in [3.63, 3.8) is 0 Å². The summed E-state index contributed by atoms with van der Waals surface area (Å²) >= 11 is 1.24. The van der Waals surface area contributed by atoms with Gasteiger partial charge in [-0.15, -0.1) is 11.3 Å². The summed E-state index contributed by atoms with van der Waals surface area (Å²) in [5.74, 6) is 0.106. The Hall–Kier alpha value is -2.33. The summed E-state index contributed by atoms with van der Waals surface area (Å²) in [5, 5.41) is 4.82. The number of rotatable bonds is 6. The van der Waals surface area contributed by atoms with Gasteiger partial charge in [0.1, 0.15) is 5.76 Å². The van der Waals surface area contributed by atoms with Crippen molar-refractivity contribution in [3.05, 3.63) is 34.7 Å². The Balaban J connectivity index is 1.50. The first-order chi connectivity index (χ1) is 12.9.